The summed E-state index contributed by atoms with van der Waals surface area (Å²) in [6.45, 7) is 3.80. The number of fused-ring (bicyclic) bond motifs is 1. The van der Waals surface area contributed by atoms with Crippen LogP contribution in [0.4, 0.5) is 0 Å². The largest absolute Gasteiger partial charge is 0.212 e. The van der Waals surface area contributed by atoms with E-state index in [-0.39, 0.29) is 0 Å². The van der Waals surface area contributed by atoms with Crippen LogP contribution in [0.1, 0.15) is 5.56 Å². The Morgan fingerprint density at radius 3 is 2.77 bits per heavy atom. The summed E-state index contributed by atoms with van der Waals surface area (Å²) in [5.41, 5.74) is 2.42. The van der Waals surface area contributed by atoms with Crippen LogP contribution >= 0.6 is 0 Å². The fourth-order valence-electron chi connectivity index (χ4n) is 1.57. The number of hydrogen-bond donors (Lipinski definition) is 0. The van der Waals surface area contributed by atoms with E-state index in [1.165, 1.54) is 16.5 Å². The first kappa shape index (κ1) is 7.99. The lowest BCUT2D eigenvalue weighted by Crippen LogP contribution is -2.28. The van der Waals surface area contributed by atoms with Crippen LogP contribution in [0.25, 0.3) is 17.0 Å². The molecule has 0 aliphatic rings. The van der Waals surface area contributed by atoms with Crippen molar-refractivity contribution >= 4 is 17.0 Å². The number of aromatic nitrogens is 1. The van der Waals surface area contributed by atoms with Crippen LogP contribution in [0.5, 0.6) is 0 Å². The molecule has 0 unspecified atom stereocenters. The van der Waals surface area contributed by atoms with Crippen LogP contribution < -0.4 is 4.57 Å². The van der Waals surface area contributed by atoms with Crippen LogP contribution in [0, 0.1) is 0 Å². The molecule has 0 aliphatic heterocycles. The maximum Gasteiger partial charge on any atom is 0.212 e. The third-order valence-corrected chi connectivity index (χ3v) is 2.29. The summed E-state index contributed by atoms with van der Waals surface area (Å²) in [6.07, 6.45) is 3.95. The van der Waals surface area contributed by atoms with Crippen molar-refractivity contribution in [1.29, 1.82) is 0 Å². The molecule has 0 saturated carbocycles. The van der Waals surface area contributed by atoms with Gasteiger partial charge in [-0.05, 0) is 11.6 Å². The average molecular weight is 170 g/mol. The Labute approximate surface area is 77.9 Å². The number of rotatable bonds is 1. The maximum absolute atomic E-state index is 3.80. The Bertz CT molecular complexity index is 458. The molecular weight excluding hydrogens is 158 g/mol. The Morgan fingerprint density at radius 1 is 1.23 bits per heavy atom. The Hall–Kier alpha value is -1.63. The van der Waals surface area contributed by atoms with Gasteiger partial charge in [0, 0.05) is 12.1 Å². The molecule has 0 N–H and O–H groups in total. The van der Waals surface area contributed by atoms with Crippen molar-refractivity contribution in [2.75, 3.05) is 0 Å². The molecular formula is C12H12N+. The molecule has 0 fully saturated rings. The van der Waals surface area contributed by atoms with Crippen LogP contribution in [0.2, 0.25) is 0 Å². The van der Waals surface area contributed by atoms with E-state index in [9.17, 15) is 0 Å². The van der Waals surface area contributed by atoms with Gasteiger partial charge >= 0.3 is 0 Å². The third kappa shape index (κ3) is 1.22. The van der Waals surface area contributed by atoms with Crippen LogP contribution in [-0.4, -0.2) is 0 Å². The van der Waals surface area contributed by atoms with E-state index < -0.39 is 0 Å². The number of para-hydroxylation sites is 1. The summed E-state index contributed by atoms with van der Waals surface area (Å²) in [5, 5.41) is 1.25. The smallest absolute Gasteiger partial charge is 0.201 e. The number of nitrogens with zero attached hydrogens (tertiary/aromatic N) is 1. The number of aryl methyl sites for hydroxylation is 1. The van der Waals surface area contributed by atoms with Gasteiger partial charge in [0.2, 0.25) is 5.52 Å². The van der Waals surface area contributed by atoms with E-state index in [1.807, 2.05) is 6.08 Å². The molecule has 0 amide bonds. The summed E-state index contributed by atoms with van der Waals surface area (Å²) in [7, 11) is 2.05. The van der Waals surface area contributed by atoms with Gasteiger partial charge in [-0.3, -0.25) is 0 Å². The van der Waals surface area contributed by atoms with Crippen LogP contribution in [0.3, 0.4) is 0 Å². The average Bonchev–Trinajstić information content (AvgIpc) is 2.19. The van der Waals surface area contributed by atoms with Crippen molar-refractivity contribution in [3.63, 3.8) is 0 Å². The van der Waals surface area contributed by atoms with Gasteiger partial charge in [-0.2, -0.15) is 0 Å². The molecule has 0 bridgehead atoms. The Balaban J connectivity index is 2.92. The predicted molar refractivity (Wildman–Crippen MR) is 55.2 cm³/mol. The maximum atomic E-state index is 3.80. The Kier molecular flexibility index (Phi) is 1.85. The van der Waals surface area contributed by atoms with E-state index in [1.54, 1.807) is 0 Å². The molecule has 0 spiro atoms. The zero-order valence-electron chi connectivity index (χ0n) is 7.70. The van der Waals surface area contributed by atoms with E-state index in [0.29, 0.717) is 0 Å². The van der Waals surface area contributed by atoms with Gasteiger partial charge < -0.3 is 0 Å². The minimum atomic E-state index is 1.19. The lowest BCUT2D eigenvalue weighted by atomic mass is 10.1. The molecule has 0 aliphatic carbocycles. The van der Waals surface area contributed by atoms with Crippen molar-refractivity contribution in [2.45, 2.75) is 0 Å². The van der Waals surface area contributed by atoms with Crippen LogP contribution in [0.15, 0.2) is 43.1 Å². The van der Waals surface area contributed by atoms with Gasteiger partial charge in [0.15, 0.2) is 6.20 Å². The number of benzene rings is 1. The molecule has 1 aromatic heterocycles. The fraction of sp³-hybridized carbons (Fsp3) is 0.0833. The molecule has 0 saturated heterocycles. The monoisotopic (exact) mass is 170 g/mol. The summed E-state index contributed by atoms with van der Waals surface area (Å²) in [5.74, 6) is 0. The van der Waals surface area contributed by atoms with Crippen molar-refractivity contribution in [1.82, 2.24) is 0 Å². The first-order chi connectivity index (χ1) is 6.33. The molecule has 13 heavy (non-hydrogen) atoms. The van der Waals surface area contributed by atoms with Gasteiger partial charge in [0.25, 0.3) is 0 Å². The van der Waals surface area contributed by atoms with Crippen molar-refractivity contribution < 1.29 is 4.57 Å². The summed E-state index contributed by atoms with van der Waals surface area (Å²) in [6, 6.07) is 10.4. The van der Waals surface area contributed by atoms with Gasteiger partial charge in [-0.25, -0.2) is 4.57 Å². The second-order valence-electron chi connectivity index (χ2n) is 3.10. The molecule has 0 atom stereocenters. The Morgan fingerprint density at radius 2 is 2.00 bits per heavy atom. The highest BCUT2D eigenvalue weighted by Crippen LogP contribution is 2.15. The first-order valence-electron chi connectivity index (χ1n) is 4.33. The van der Waals surface area contributed by atoms with Crippen LogP contribution in [-0.2, 0) is 7.05 Å². The molecule has 2 aromatic rings. The molecule has 2 rings (SSSR count). The summed E-state index contributed by atoms with van der Waals surface area (Å²) < 4.78 is 2.11. The molecule has 64 valence electrons. The van der Waals surface area contributed by atoms with Gasteiger partial charge in [0.1, 0.15) is 7.05 Å². The molecule has 1 heterocycles. The van der Waals surface area contributed by atoms with E-state index >= 15 is 0 Å². The lowest BCUT2D eigenvalue weighted by molar-refractivity contribution is -0.644. The van der Waals surface area contributed by atoms with Gasteiger partial charge in [-0.1, -0.05) is 24.8 Å². The van der Waals surface area contributed by atoms with Crippen molar-refractivity contribution in [3.05, 3.63) is 48.7 Å². The highest BCUT2D eigenvalue weighted by Gasteiger charge is 2.05. The second-order valence-corrected chi connectivity index (χ2v) is 3.10. The van der Waals surface area contributed by atoms with E-state index in [4.69, 9.17) is 0 Å². The molecule has 1 aromatic carbocycles. The molecule has 1 heteroatoms. The lowest BCUT2D eigenvalue weighted by Gasteiger charge is -1.99. The summed E-state index contributed by atoms with van der Waals surface area (Å²) >= 11 is 0. The highest BCUT2D eigenvalue weighted by atomic mass is 14.9. The predicted octanol–water partition coefficient (Wildman–Crippen LogP) is 2.31. The molecule has 0 radical (unpaired) electrons. The normalized spacial score (nSPS) is 10.2. The fourth-order valence-corrected chi connectivity index (χ4v) is 1.57. The molecule has 1 nitrogen and oxygen atoms in total. The minimum absolute atomic E-state index is 1.19. The van der Waals surface area contributed by atoms with Gasteiger partial charge in [-0.15, -0.1) is 0 Å². The highest BCUT2D eigenvalue weighted by molar-refractivity contribution is 5.84. The number of pyridine rings is 1. The SMILES string of the molecule is C=Cc1cc[n+](C)c2ccccc12. The van der Waals surface area contributed by atoms with E-state index in [2.05, 4.69) is 54.7 Å². The quantitative estimate of drug-likeness (QED) is 0.578. The van der Waals surface area contributed by atoms with Crippen molar-refractivity contribution in [2.24, 2.45) is 7.05 Å². The zero-order chi connectivity index (χ0) is 9.26. The van der Waals surface area contributed by atoms with E-state index in [0.717, 1.165) is 0 Å². The standard InChI is InChI=1S/C12H12N/c1-3-10-8-9-13(2)12-7-5-4-6-11(10)12/h3-9H,1H2,2H3/q+1. The first-order valence-corrected chi connectivity index (χ1v) is 4.33. The van der Waals surface area contributed by atoms with Gasteiger partial charge in [0.05, 0.1) is 5.39 Å². The zero-order valence-corrected chi connectivity index (χ0v) is 7.70. The van der Waals surface area contributed by atoms with Crippen molar-refractivity contribution in [3.8, 4) is 0 Å². The second kappa shape index (κ2) is 3.02. The third-order valence-electron chi connectivity index (χ3n) is 2.29. The summed E-state index contributed by atoms with van der Waals surface area (Å²) in [4.78, 5) is 0. The topological polar surface area (TPSA) is 3.88 Å². The number of hydrogen-bond acceptors (Lipinski definition) is 0. The minimum Gasteiger partial charge on any atom is -0.201 e.